The monoisotopic (exact) mass is 185 g/mol. The van der Waals surface area contributed by atoms with E-state index in [-0.39, 0.29) is 5.91 Å². The highest BCUT2D eigenvalue weighted by atomic mass is 16.1. The number of primary amides is 1. The minimum Gasteiger partial charge on any atom is -0.368 e. The lowest BCUT2D eigenvalue weighted by Gasteiger charge is -2.38. The summed E-state index contributed by atoms with van der Waals surface area (Å²) in [6.07, 6.45) is 1.36. The summed E-state index contributed by atoms with van der Waals surface area (Å²) in [6.45, 7) is 6.04. The molecule has 76 valence electrons. The largest absolute Gasteiger partial charge is 0.368 e. The molecule has 0 aromatic rings. The lowest BCUT2D eigenvalue weighted by Crippen LogP contribution is -2.59. The lowest BCUT2D eigenvalue weighted by molar-refractivity contribution is -0.125. The first-order valence-corrected chi connectivity index (χ1v) is 4.78. The molecule has 0 spiro atoms. The summed E-state index contributed by atoms with van der Waals surface area (Å²) < 4.78 is 0. The number of likely N-dealkylation sites (tertiary alicyclic amines) is 1. The lowest BCUT2D eigenvalue weighted by atomic mass is 9.87. The standard InChI is InChI=1S/C9H19N3O/c1-7(2)12-5-3-9(11,4-6-12)8(10)13/h7H,3-6,11H2,1-2H3,(H2,10,13). The number of amides is 1. The van der Waals surface area contributed by atoms with Crippen LogP contribution in [0.25, 0.3) is 0 Å². The third-order valence-electron chi connectivity index (χ3n) is 2.91. The van der Waals surface area contributed by atoms with Crippen molar-refractivity contribution in [1.82, 2.24) is 4.90 Å². The zero-order valence-corrected chi connectivity index (χ0v) is 8.42. The quantitative estimate of drug-likeness (QED) is 0.619. The molecule has 1 fully saturated rings. The summed E-state index contributed by atoms with van der Waals surface area (Å²) in [6, 6.07) is 0.525. The van der Waals surface area contributed by atoms with Gasteiger partial charge in [0.15, 0.2) is 0 Å². The van der Waals surface area contributed by atoms with E-state index in [2.05, 4.69) is 18.7 Å². The van der Waals surface area contributed by atoms with Crippen LogP contribution < -0.4 is 11.5 Å². The molecule has 0 unspecified atom stereocenters. The van der Waals surface area contributed by atoms with Crippen LogP contribution in [0.2, 0.25) is 0 Å². The molecule has 4 N–H and O–H groups in total. The second kappa shape index (κ2) is 3.64. The Morgan fingerprint density at radius 3 is 2.15 bits per heavy atom. The summed E-state index contributed by atoms with van der Waals surface area (Å²) in [5.74, 6) is -0.365. The maximum Gasteiger partial charge on any atom is 0.237 e. The Bertz CT molecular complexity index is 195. The number of nitrogens with two attached hydrogens (primary N) is 2. The smallest absolute Gasteiger partial charge is 0.237 e. The van der Waals surface area contributed by atoms with Crippen LogP contribution in [0.4, 0.5) is 0 Å². The number of hydrogen-bond acceptors (Lipinski definition) is 3. The van der Waals surface area contributed by atoms with Gasteiger partial charge in [-0.1, -0.05) is 0 Å². The van der Waals surface area contributed by atoms with Gasteiger partial charge in [-0.3, -0.25) is 4.79 Å². The normalized spacial score (nSPS) is 23.4. The number of rotatable bonds is 2. The van der Waals surface area contributed by atoms with Gasteiger partial charge in [-0.15, -0.1) is 0 Å². The topological polar surface area (TPSA) is 72.3 Å². The molecule has 1 rings (SSSR count). The van der Waals surface area contributed by atoms with Gasteiger partial charge in [-0.25, -0.2) is 0 Å². The van der Waals surface area contributed by atoms with Crippen molar-refractivity contribution < 1.29 is 4.79 Å². The average molecular weight is 185 g/mol. The van der Waals surface area contributed by atoms with E-state index in [0.29, 0.717) is 18.9 Å². The Labute approximate surface area is 79.3 Å². The molecule has 0 bridgehead atoms. The highest BCUT2D eigenvalue weighted by molar-refractivity contribution is 5.84. The maximum absolute atomic E-state index is 11.0. The van der Waals surface area contributed by atoms with Crippen LogP contribution in [0.5, 0.6) is 0 Å². The van der Waals surface area contributed by atoms with Crippen LogP contribution in [0.15, 0.2) is 0 Å². The van der Waals surface area contributed by atoms with Crippen molar-refractivity contribution in [3.05, 3.63) is 0 Å². The molecule has 0 radical (unpaired) electrons. The van der Waals surface area contributed by atoms with Gasteiger partial charge in [0.25, 0.3) is 0 Å². The minimum absolute atomic E-state index is 0.365. The fourth-order valence-corrected chi connectivity index (χ4v) is 1.69. The second-order valence-electron chi connectivity index (χ2n) is 4.15. The summed E-state index contributed by atoms with van der Waals surface area (Å²) in [5, 5.41) is 0. The molecule has 0 saturated carbocycles. The second-order valence-corrected chi connectivity index (χ2v) is 4.15. The fourth-order valence-electron chi connectivity index (χ4n) is 1.69. The zero-order chi connectivity index (χ0) is 10.1. The third-order valence-corrected chi connectivity index (χ3v) is 2.91. The Balaban J connectivity index is 2.51. The van der Waals surface area contributed by atoms with Gasteiger partial charge in [0.1, 0.15) is 0 Å². The molecule has 0 aliphatic carbocycles. The zero-order valence-electron chi connectivity index (χ0n) is 8.42. The molecular weight excluding hydrogens is 166 g/mol. The Hall–Kier alpha value is -0.610. The van der Waals surface area contributed by atoms with E-state index in [0.717, 1.165) is 13.1 Å². The molecular formula is C9H19N3O. The summed E-state index contributed by atoms with van der Waals surface area (Å²) in [5.41, 5.74) is 10.3. The Morgan fingerprint density at radius 2 is 1.85 bits per heavy atom. The first-order chi connectivity index (χ1) is 5.96. The molecule has 1 aliphatic heterocycles. The van der Waals surface area contributed by atoms with E-state index in [1.807, 2.05) is 0 Å². The van der Waals surface area contributed by atoms with Gasteiger partial charge >= 0.3 is 0 Å². The predicted molar refractivity (Wildman–Crippen MR) is 52.1 cm³/mol. The number of hydrogen-bond donors (Lipinski definition) is 2. The van der Waals surface area contributed by atoms with Crippen molar-refractivity contribution in [2.24, 2.45) is 11.5 Å². The molecule has 13 heavy (non-hydrogen) atoms. The molecule has 0 aromatic carbocycles. The SMILES string of the molecule is CC(C)N1CCC(N)(C(N)=O)CC1. The van der Waals surface area contributed by atoms with Gasteiger partial charge < -0.3 is 16.4 Å². The molecule has 4 heteroatoms. The highest BCUT2D eigenvalue weighted by Gasteiger charge is 2.36. The highest BCUT2D eigenvalue weighted by Crippen LogP contribution is 2.20. The van der Waals surface area contributed by atoms with E-state index >= 15 is 0 Å². The first kappa shape index (κ1) is 10.5. The summed E-state index contributed by atoms with van der Waals surface area (Å²) in [4.78, 5) is 13.3. The van der Waals surface area contributed by atoms with Gasteiger partial charge in [0, 0.05) is 19.1 Å². The van der Waals surface area contributed by atoms with Crippen molar-refractivity contribution in [2.45, 2.75) is 38.3 Å². The first-order valence-electron chi connectivity index (χ1n) is 4.78. The Morgan fingerprint density at radius 1 is 1.38 bits per heavy atom. The average Bonchev–Trinajstić information content (AvgIpc) is 2.04. The van der Waals surface area contributed by atoms with E-state index < -0.39 is 5.54 Å². The molecule has 1 aliphatic rings. The van der Waals surface area contributed by atoms with E-state index in [1.54, 1.807) is 0 Å². The number of carbonyl (C=O) groups is 1. The summed E-state index contributed by atoms with van der Waals surface area (Å²) >= 11 is 0. The van der Waals surface area contributed by atoms with Crippen molar-refractivity contribution >= 4 is 5.91 Å². The van der Waals surface area contributed by atoms with Gasteiger partial charge in [0.05, 0.1) is 5.54 Å². The van der Waals surface area contributed by atoms with Crippen LogP contribution in [0.3, 0.4) is 0 Å². The molecule has 4 nitrogen and oxygen atoms in total. The minimum atomic E-state index is -0.759. The van der Waals surface area contributed by atoms with E-state index in [1.165, 1.54) is 0 Å². The molecule has 1 saturated heterocycles. The third kappa shape index (κ3) is 2.19. The van der Waals surface area contributed by atoms with Crippen molar-refractivity contribution in [2.75, 3.05) is 13.1 Å². The van der Waals surface area contributed by atoms with Crippen LogP contribution >= 0.6 is 0 Å². The fraction of sp³-hybridized carbons (Fsp3) is 0.889. The van der Waals surface area contributed by atoms with Crippen molar-refractivity contribution in [3.63, 3.8) is 0 Å². The van der Waals surface area contributed by atoms with Gasteiger partial charge in [-0.05, 0) is 26.7 Å². The molecule has 0 atom stereocenters. The van der Waals surface area contributed by atoms with Crippen LogP contribution in [-0.2, 0) is 4.79 Å². The van der Waals surface area contributed by atoms with Crippen molar-refractivity contribution in [3.8, 4) is 0 Å². The van der Waals surface area contributed by atoms with E-state index in [9.17, 15) is 4.79 Å². The van der Waals surface area contributed by atoms with Crippen LogP contribution in [0.1, 0.15) is 26.7 Å². The van der Waals surface area contributed by atoms with Crippen LogP contribution in [0, 0.1) is 0 Å². The number of piperidine rings is 1. The van der Waals surface area contributed by atoms with Crippen molar-refractivity contribution in [1.29, 1.82) is 0 Å². The Kier molecular flexibility index (Phi) is 2.93. The maximum atomic E-state index is 11.0. The predicted octanol–water partition coefficient (Wildman–Crippen LogP) is -0.327. The number of nitrogens with zero attached hydrogens (tertiary/aromatic N) is 1. The summed E-state index contributed by atoms with van der Waals surface area (Å²) in [7, 11) is 0. The molecule has 1 heterocycles. The van der Waals surface area contributed by atoms with Crippen LogP contribution in [-0.4, -0.2) is 35.5 Å². The molecule has 1 amide bonds. The van der Waals surface area contributed by atoms with Gasteiger partial charge in [0.2, 0.25) is 5.91 Å². The van der Waals surface area contributed by atoms with E-state index in [4.69, 9.17) is 11.5 Å². The molecule has 0 aromatic heterocycles. The van der Waals surface area contributed by atoms with Gasteiger partial charge in [-0.2, -0.15) is 0 Å². The number of carbonyl (C=O) groups excluding carboxylic acids is 1.